The molecule has 9 heteroatoms. The number of thiophene rings is 1. The van der Waals surface area contributed by atoms with Gasteiger partial charge in [0.2, 0.25) is 0 Å². The quantitative estimate of drug-likeness (QED) is 0.580. The molecule has 0 fully saturated rings. The van der Waals surface area contributed by atoms with E-state index in [0.717, 1.165) is 36.1 Å². The number of nitro groups is 1. The second-order valence-electron chi connectivity index (χ2n) is 6.25. The van der Waals surface area contributed by atoms with Crippen LogP contribution < -0.4 is 15.8 Å². The summed E-state index contributed by atoms with van der Waals surface area (Å²) in [6.07, 6.45) is 2.65. The Morgan fingerprint density at radius 3 is 2.70 bits per heavy atom. The van der Waals surface area contributed by atoms with Crippen molar-refractivity contribution < 1.29 is 19.2 Å². The number of nitrogens with one attached hydrogen (secondary N) is 1. The fourth-order valence-corrected chi connectivity index (χ4v) is 4.38. The first-order chi connectivity index (χ1) is 12.9. The van der Waals surface area contributed by atoms with Gasteiger partial charge in [-0.3, -0.25) is 19.7 Å². The van der Waals surface area contributed by atoms with Crippen molar-refractivity contribution in [3.63, 3.8) is 0 Å². The summed E-state index contributed by atoms with van der Waals surface area (Å²) < 4.78 is 5.48. The van der Waals surface area contributed by atoms with E-state index in [1.165, 1.54) is 36.5 Å². The number of carbonyl (C=O) groups is 2. The number of anilines is 1. The van der Waals surface area contributed by atoms with Crippen molar-refractivity contribution in [1.82, 2.24) is 0 Å². The summed E-state index contributed by atoms with van der Waals surface area (Å²) >= 11 is 1.35. The maximum Gasteiger partial charge on any atom is 0.310 e. The number of benzene rings is 1. The molecule has 3 N–H and O–H groups in total. The molecular formula is C18H19N3O5S. The summed E-state index contributed by atoms with van der Waals surface area (Å²) in [7, 11) is 0. The molecule has 142 valence electrons. The molecule has 3 rings (SSSR count). The number of primary amides is 1. The Hall–Kier alpha value is -2.94. The van der Waals surface area contributed by atoms with Gasteiger partial charge in [-0.05, 0) is 44.2 Å². The molecule has 1 aromatic heterocycles. The van der Waals surface area contributed by atoms with Crippen molar-refractivity contribution in [3.8, 4) is 5.75 Å². The van der Waals surface area contributed by atoms with E-state index in [-0.39, 0.29) is 11.4 Å². The number of nitrogens with zero attached hydrogens (tertiary/aromatic N) is 1. The zero-order chi connectivity index (χ0) is 19.6. The van der Waals surface area contributed by atoms with Crippen LogP contribution in [-0.2, 0) is 17.6 Å². The molecule has 0 aliphatic heterocycles. The van der Waals surface area contributed by atoms with E-state index in [1.807, 2.05) is 0 Å². The monoisotopic (exact) mass is 389 g/mol. The molecule has 0 spiro atoms. The lowest BCUT2D eigenvalue weighted by molar-refractivity contribution is -0.386. The lowest BCUT2D eigenvalue weighted by Gasteiger charge is -2.14. The minimum atomic E-state index is -0.994. The van der Waals surface area contributed by atoms with Gasteiger partial charge >= 0.3 is 5.69 Å². The van der Waals surface area contributed by atoms with Gasteiger partial charge in [-0.15, -0.1) is 11.3 Å². The maximum absolute atomic E-state index is 12.5. The Morgan fingerprint density at radius 1 is 1.30 bits per heavy atom. The molecule has 2 aromatic rings. The van der Waals surface area contributed by atoms with Gasteiger partial charge in [0, 0.05) is 10.9 Å². The van der Waals surface area contributed by atoms with E-state index < -0.39 is 22.8 Å². The smallest absolute Gasteiger partial charge is 0.310 e. The third kappa shape index (κ3) is 3.92. The number of amides is 2. The molecule has 1 heterocycles. The zero-order valence-electron chi connectivity index (χ0n) is 14.7. The molecule has 1 aromatic carbocycles. The number of nitro benzene ring substituents is 1. The molecule has 1 atom stereocenters. The lowest BCUT2D eigenvalue weighted by Crippen LogP contribution is -2.31. The maximum atomic E-state index is 12.5. The highest BCUT2D eigenvalue weighted by molar-refractivity contribution is 7.17. The van der Waals surface area contributed by atoms with Crippen molar-refractivity contribution in [2.75, 3.05) is 5.32 Å². The molecule has 1 aliphatic carbocycles. The number of hydrogen-bond donors (Lipinski definition) is 2. The molecule has 0 saturated heterocycles. The van der Waals surface area contributed by atoms with Crippen LogP contribution in [0.15, 0.2) is 24.3 Å². The molecule has 8 nitrogen and oxygen atoms in total. The fourth-order valence-electron chi connectivity index (χ4n) is 3.08. The van der Waals surface area contributed by atoms with Crippen LogP contribution in [0.25, 0.3) is 0 Å². The summed E-state index contributed by atoms with van der Waals surface area (Å²) in [4.78, 5) is 36.0. The van der Waals surface area contributed by atoms with E-state index in [1.54, 1.807) is 6.07 Å². The Morgan fingerprint density at radius 2 is 2.00 bits per heavy atom. The topological polar surface area (TPSA) is 125 Å². The van der Waals surface area contributed by atoms with Crippen molar-refractivity contribution in [3.05, 3.63) is 50.4 Å². The van der Waals surface area contributed by atoms with Crippen LogP contribution >= 0.6 is 11.3 Å². The number of nitrogens with two attached hydrogens (primary N) is 1. The molecule has 2 amide bonds. The van der Waals surface area contributed by atoms with Crippen molar-refractivity contribution in [2.24, 2.45) is 5.73 Å². The van der Waals surface area contributed by atoms with Crippen molar-refractivity contribution in [1.29, 1.82) is 0 Å². The van der Waals surface area contributed by atoms with Crippen LogP contribution in [0.3, 0.4) is 0 Å². The predicted octanol–water partition coefficient (Wildman–Crippen LogP) is 3.04. The number of hydrogen-bond acceptors (Lipinski definition) is 6. The zero-order valence-corrected chi connectivity index (χ0v) is 15.5. The first kappa shape index (κ1) is 18.8. The van der Waals surface area contributed by atoms with Crippen LogP contribution in [0.4, 0.5) is 10.7 Å². The second kappa shape index (κ2) is 7.75. The Balaban J connectivity index is 1.79. The Labute approximate surface area is 159 Å². The molecule has 0 saturated carbocycles. The molecular weight excluding hydrogens is 370 g/mol. The average Bonchev–Trinajstić information content (AvgIpc) is 2.99. The van der Waals surface area contributed by atoms with E-state index in [2.05, 4.69) is 5.32 Å². The highest BCUT2D eigenvalue weighted by atomic mass is 32.1. The lowest BCUT2D eigenvalue weighted by atomic mass is 9.95. The van der Waals surface area contributed by atoms with E-state index in [9.17, 15) is 19.7 Å². The fraction of sp³-hybridized carbons (Fsp3) is 0.333. The largest absolute Gasteiger partial charge is 0.474 e. The van der Waals surface area contributed by atoms with Gasteiger partial charge in [0.25, 0.3) is 11.8 Å². The molecule has 0 unspecified atom stereocenters. The van der Waals surface area contributed by atoms with Crippen molar-refractivity contribution in [2.45, 2.75) is 38.7 Å². The van der Waals surface area contributed by atoms with E-state index >= 15 is 0 Å². The summed E-state index contributed by atoms with van der Waals surface area (Å²) in [6.45, 7) is 1.49. The second-order valence-corrected chi connectivity index (χ2v) is 7.36. The summed E-state index contributed by atoms with van der Waals surface area (Å²) in [5.41, 5.74) is 6.58. The third-order valence-electron chi connectivity index (χ3n) is 4.39. The minimum absolute atomic E-state index is 0.00532. The highest BCUT2D eigenvalue weighted by Gasteiger charge is 2.27. The average molecular weight is 389 g/mol. The van der Waals surface area contributed by atoms with Crippen LogP contribution in [0, 0.1) is 10.1 Å². The van der Waals surface area contributed by atoms with Crippen molar-refractivity contribution >= 4 is 33.8 Å². The SMILES string of the molecule is C[C@@H](Oc1ccccc1[N+](=O)[O-])C(=O)Nc1sc2c(c1C(N)=O)CCCC2. The number of aryl methyl sites for hydroxylation is 1. The van der Waals surface area contributed by atoms with Gasteiger partial charge in [0.15, 0.2) is 11.9 Å². The van der Waals surface area contributed by atoms with Crippen LogP contribution in [0.2, 0.25) is 0 Å². The first-order valence-electron chi connectivity index (χ1n) is 8.53. The van der Waals surface area contributed by atoms with Gasteiger partial charge in [0.1, 0.15) is 5.00 Å². The molecule has 0 bridgehead atoms. The highest BCUT2D eigenvalue weighted by Crippen LogP contribution is 2.38. The van der Waals surface area contributed by atoms with Gasteiger partial charge < -0.3 is 15.8 Å². The number of para-hydroxylation sites is 2. The molecule has 1 aliphatic rings. The van der Waals surface area contributed by atoms with Crippen LogP contribution in [0.5, 0.6) is 5.75 Å². The Kier molecular flexibility index (Phi) is 5.41. The predicted molar refractivity (Wildman–Crippen MR) is 101 cm³/mol. The summed E-state index contributed by atoms with van der Waals surface area (Å²) in [5.74, 6) is -1.07. The summed E-state index contributed by atoms with van der Waals surface area (Å²) in [5, 5.41) is 14.2. The number of carbonyl (C=O) groups excluding carboxylic acids is 2. The van der Waals surface area contributed by atoms with Gasteiger partial charge in [-0.2, -0.15) is 0 Å². The molecule has 0 radical (unpaired) electrons. The molecule has 27 heavy (non-hydrogen) atoms. The Bertz CT molecular complexity index is 908. The van der Waals surface area contributed by atoms with Gasteiger partial charge in [-0.1, -0.05) is 12.1 Å². The van der Waals surface area contributed by atoms with E-state index in [0.29, 0.717) is 10.6 Å². The van der Waals surface area contributed by atoms with Crippen LogP contribution in [-0.4, -0.2) is 22.8 Å². The first-order valence-corrected chi connectivity index (χ1v) is 9.35. The van der Waals surface area contributed by atoms with E-state index in [4.69, 9.17) is 10.5 Å². The number of ether oxygens (including phenoxy) is 1. The third-order valence-corrected chi connectivity index (χ3v) is 5.60. The normalized spacial score (nSPS) is 14.1. The van der Waals surface area contributed by atoms with Gasteiger partial charge in [0.05, 0.1) is 10.5 Å². The summed E-state index contributed by atoms with van der Waals surface area (Å²) in [6, 6.07) is 5.84. The number of fused-ring (bicyclic) bond motifs is 1. The number of rotatable bonds is 6. The standard InChI is InChI=1S/C18H19N3O5S/c1-10(26-13-8-4-3-7-12(13)21(24)25)17(23)20-18-15(16(19)22)11-6-2-5-9-14(11)27-18/h3-4,7-8,10H,2,5-6,9H2,1H3,(H2,19,22)(H,20,23)/t10-/m1/s1. The van der Waals surface area contributed by atoms with Gasteiger partial charge in [-0.25, -0.2) is 0 Å². The van der Waals surface area contributed by atoms with Crippen LogP contribution in [0.1, 0.15) is 40.6 Å². The minimum Gasteiger partial charge on any atom is -0.474 e.